The Bertz CT molecular complexity index is 343. The van der Waals surface area contributed by atoms with Gasteiger partial charge < -0.3 is 9.47 Å². The fourth-order valence-corrected chi connectivity index (χ4v) is 0.795. The molecule has 0 radical (unpaired) electrons. The van der Waals surface area contributed by atoms with Crippen molar-refractivity contribution in [1.29, 1.82) is 0 Å². The summed E-state index contributed by atoms with van der Waals surface area (Å²) in [5.41, 5.74) is 0. The monoisotopic (exact) mass is 298 g/mol. The fraction of sp³-hybridized carbons (Fsp3) is 0.667. The van der Waals surface area contributed by atoms with Crippen molar-refractivity contribution in [3.05, 3.63) is 12.3 Å². The number of esters is 1. The summed E-state index contributed by atoms with van der Waals surface area (Å²) in [7, 11) is 0. The molecule has 0 aliphatic carbocycles. The van der Waals surface area contributed by atoms with Crippen molar-refractivity contribution >= 4 is 5.97 Å². The Morgan fingerprint density at radius 2 is 1.68 bits per heavy atom. The van der Waals surface area contributed by atoms with Crippen LogP contribution in [-0.4, -0.2) is 37.2 Å². The van der Waals surface area contributed by atoms with Crippen LogP contribution in [0.4, 0.5) is 30.7 Å². The van der Waals surface area contributed by atoms with E-state index in [9.17, 15) is 35.5 Å². The van der Waals surface area contributed by atoms with E-state index in [1.165, 1.54) is 6.92 Å². The van der Waals surface area contributed by atoms with Gasteiger partial charge in [0.25, 0.3) is 6.43 Å². The molecule has 0 amide bonds. The van der Waals surface area contributed by atoms with Crippen molar-refractivity contribution in [2.45, 2.75) is 31.6 Å². The average molecular weight is 298 g/mol. The van der Waals surface area contributed by atoms with E-state index < -0.39 is 36.4 Å². The van der Waals surface area contributed by atoms with Gasteiger partial charge in [-0.05, 0) is 13.5 Å². The minimum Gasteiger partial charge on any atom is -0.460 e. The first-order chi connectivity index (χ1) is 8.47. The van der Waals surface area contributed by atoms with Gasteiger partial charge in [-0.3, -0.25) is 0 Å². The Morgan fingerprint density at radius 3 is 2.05 bits per heavy atom. The molecule has 1 atom stereocenters. The highest BCUT2D eigenvalue weighted by Crippen LogP contribution is 2.42. The third-order valence-corrected chi connectivity index (χ3v) is 1.71. The summed E-state index contributed by atoms with van der Waals surface area (Å²) in [4.78, 5) is 10.8. The molecule has 0 heterocycles. The van der Waals surface area contributed by atoms with Gasteiger partial charge >= 0.3 is 18.0 Å². The predicted octanol–water partition coefficient (Wildman–Crippen LogP) is 2.91. The number of carbonyl (C=O) groups excluding carboxylic acids is 1. The van der Waals surface area contributed by atoms with E-state index in [2.05, 4.69) is 16.1 Å². The quantitative estimate of drug-likeness (QED) is 0.314. The molecule has 0 fully saturated rings. The van der Waals surface area contributed by atoms with Crippen LogP contribution >= 0.6 is 0 Å². The largest absolute Gasteiger partial charge is 0.467 e. The molecular weight excluding hydrogens is 289 g/mol. The molecule has 0 N–H and O–H groups in total. The maximum Gasteiger partial charge on any atom is 0.467 e. The maximum atomic E-state index is 12.8. The Hall–Kier alpha value is -1.48. The lowest BCUT2D eigenvalue weighted by molar-refractivity contribution is -0.356. The van der Waals surface area contributed by atoms with Gasteiger partial charge in [0.2, 0.25) is 11.9 Å². The van der Waals surface area contributed by atoms with E-state index in [4.69, 9.17) is 0 Å². The zero-order valence-corrected chi connectivity index (χ0v) is 9.44. The predicted molar refractivity (Wildman–Crippen MR) is 47.7 cm³/mol. The first-order valence-electron chi connectivity index (χ1n) is 4.70. The first-order valence-corrected chi connectivity index (χ1v) is 4.70. The zero-order valence-electron chi connectivity index (χ0n) is 9.44. The van der Waals surface area contributed by atoms with Crippen LogP contribution in [0.2, 0.25) is 0 Å². The van der Waals surface area contributed by atoms with Crippen LogP contribution in [0.25, 0.3) is 0 Å². The second-order valence-corrected chi connectivity index (χ2v) is 3.12. The number of alkyl halides is 7. The lowest BCUT2D eigenvalue weighted by atomic mass is 10.2. The molecular formula is C9H9F7O3. The van der Waals surface area contributed by atoms with Crippen LogP contribution in [0.15, 0.2) is 12.3 Å². The number of rotatable bonds is 7. The molecule has 0 saturated heterocycles. The van der Waals surface area contributed by atoms with Crippen LogP contribution in [0, 0.1) is 0 Å². The van der Waals surface area contributed by atoms with Gasteiger partial charge in [-0.1, -0.05) is 0 Å². The van der Waals surface area contributed by atoms with E-state index in [-0.39, 0.29) is 6.61 Å². The van der Waals surface area contributed by atoms with Gasteiger partial charge in [0.05, 0.1) is 6.61 Å². The smallest absolute Gasteiger partial charge is 0.460 e. The summed E-state index contributed by atoms with van der Waals surface area (Å²) >= 11 is 0. The van der Waals surface area contributed by atoms with Crippen LogP contribution in [0.5, 0.6) is 0 Å². The summed E-state index contributed by atoms with van der Waals surface area (Å²) < 4.78 is 94.2. The molecule has 0 rings (SSSR count). The minimum atomic E-state index is -5.85. The lowest BCUT2D eigenvalue weighted by Crippen LogP contribution is -2.52. The lowest BCUT2D eigenvalue weighted by Gasteiger charge is -2.28. The van der Waals surface area contributed by atoms with Crippen LogP contribution in [0.1, 0.15) is 6.92 Å². The Labute approximate surface area is 103 Å². The zero-order chi connectivity index (χ0) is 15.4. The van der Waals surface area contributed by atoms with E-state index in [0.717, 1.165) is 0 Å². The summed E-state index contributed by atoms with van der Waals surface area (Å²) in [5, 5.41) is 0. The Morgan fingerprint density at radius 1 is 1.21 bits per heavy atom. The standard InChI is InChI=1S/C9H9F7O3/c1-3-18-7(17)4(2)19-9(15,16)8(13,14)5(10)6(11)12/h5-6H,2-3H2,1H3. The fourth-order valence-electron chi connectivity index (χ4n) is 0.795. The molecule has 0 aromatic rings. The number of halogens is 7. The Kier molecular flexibility index (Phi) is 5.63. The Balaban J connectivity index is 4.96. The van der Waals surface area contributed by atoms with Crippen LogP contribution < -0.4 is 0 Å². The van der Waals surface area contributed by atoms with Gasteiger partial charge in [0.15, 0.2) is 0 Å². The van der Waals surface area contributed by atoms with E-state index >= 15 is 0 Å². The molecule has 0 bridgehead atoms. The molecule has 0 saturated carbocycles. The minimum absolute atomic E-state index is 0.300. The first kappa shape index (κ1) is 17.5. The third-order valence-electron chi connectivity index (χ3n) is 1.71. The van der Waals surface area contributed by atoms with Crippen molar-refractivity contribution in [2.24, 2.45) is 0 Å². The molecule has 3 nitrogen and oxygen atoms in total. The molecule has 19 heavy (non-hydrogen) atoms. The highest BCUT2D eigenvalue weighted by molar-refractivity contribution is 5.85. The van der Waals surface area contributed by atoms with Crippen molar-refractivity contribution < 1.29 is 45.0 Å². The molecule has 112 valence electrons. The number of hydrogen-bond acceptors (Lipinski definition) is 3. The summed E-state index contributed by atoms with van der Waals surface area (Å²) in [6, 6.07) is 0. The van der Waals surface area contributed by atoms with E-state index in [1.54, 1.807) is 0 Å². The van der Waals surface area contributed by atoms with E-state index in [0.29, 0.717) is 0 Å². The van der Waals surface area contributed by atoms with Crippen molar-refractivity contribution in [3.8, 4) is 0 Å². The summed E-state index contributed by atoms with van der Waals surface area (Å²) in [5.74, 6) is -9.02. The molecule has 0 aliphatic rings. The maximum absolute atomic E-state index is 12.8. The third kappa shape index (κ3) is 4.00. The molecule has 0 aromatic heterocycles. The van der Waals surface area contributed by atoms with Crippen LogP contribution in [-0.2, 0) is 14.3 Å². The molecule has 0 aliphatic heterocycles. The van der Waals surface area contributed by atoms with Gasteiger partial charge in [-0.2, -0.15) is 17.6 Å². The number of ether oxygens (including phenoxy) is 2. The topological polar surface area (TPSA) is 35.5 Å². The second-order valence-electron chi connectivity index (χ2n) is 3.12. The second kappa shape index (κ2) is 6.11. The van der Waals surface area contributed by atoms with Gasteiger partial charge in [0, 0.05) is 0 Å². The summed E-state index contributed by atoms with van der Waals surface area (Å²) in [6.45, 7) is 3.53. The van der Waals surface area contributed by atoms with Crippen molar-refractivity contribution in [2.75, 3.05) is 6.61 Å². The molecule has 0 aromatic carbocycles. The van der Waals surface area contributed by atoms with Crippen molar-refractivity contribution in [1.82, 2.24) is 0 Å². The molecule has 10 heteroatoms. The number of carbonyl (C=O) groups is 1. The highest BCUT2D eigenvalue weighted by atomic mass is 19.3. The highest BCUT2D eigenvalue weighted by Gasteiger charge is 2.67. The average Bonchev–Trinajstić information content (AvgIpc) is 2.27. The van der Waals surface area contributed by atoms with Gasteiger partial charge in [-0.15, -0.1) is 0 Å². The van der Waals surface area contributed by atoms with Crippen LogP contribution in [0.3, 0.4) is 0 Å². The normalized spacial score (nSPS) is 14.2. The molecule has 1 unspecified atom stereocenters. The molecule has 0 spiro atoms. The number of hydrogen-bond donors (Lipinski definition) is 0. The van der Waals surface area contributed by atoms with Gasteiger partial charge in [0.1, 0.15) is 0 Å². The SMILES string of the molecule is C=C(OC(F)(F)C(F)(F)C(F)C(F)F)C(=O)OCC. The van der Waals surface area contributed by atoms with Gasteiger partial charge in [-0.25, -0.2) is 18.0 Å². The van der Waals surface area contributed by atoms with E-state index in [1.807, 2.05) is 0 Å². The summed E-state index contributed by atoms with van der Waals surface area (Å²) in [6.07, 6.45) is -14.5. The van der Waals surface area contributed by atoms with Crippen molar-refractivity contribution in [3.63, 3.8) is 0 Å².